The van der Waals surface area contributed by atoms with Gasteiger partial charge in [0.2, 0.25) is 0 Å². The summed E-state index contributed by atoms with van der Waals surface area (Å²) in [7, 11) is 0. The summed E-state index contributed by atoms with van der Waals surface area (Å²) in [4.78, 5) is 0. The van der Waals surface area contributed by atoms with Crippen molar-refractivity contribution in [1.82, 2.24) is 0 Å². The van der Waals surface area contributed by atoms with Crippen LogP contribution in [0.4, 0.5) is 13.2 Å². The Hall–Kier alpha value is -0.900. The summed E-state index contributed by atoms with van der Waals surface area (Å²) in [6, 6.07) is 4.01. The molecule has 0 N–H and O–H groups in total. The quantitative estimate of drug-likeness (QED) is 0.749. The number of rotatable bonds is 2. The molecule has 83 valence electrons. The third kappa shape index (κ3) is 3.63. The van der Waals surface area contributed by atoms with Crippen molar-refractivity contribution >= 4 is 11.6 Å². The third-order valence-electron chi connectivity index (χ3n) is 1.71. The van der Waals surface area contributed by atoms with Gasteiger partial charge in [0.05, 0.1) is 0 Å². The minimum atomic E-state index is -4.68. The number of benzene rings is 1. The minimum absolute atomic E-state index is 0.230. The van der Waals surface area contributed by atoms with E-state index in [0.717, 1.165) is 0 Å². The molecule has 0 atom stereocenters. The second kappa shape index (κ2) is 4.31. The van der Waals surface area contributed by atoms with E-state index < -0.39 is 6.36 Å². The molecule has 0 aliphatic carbocycles. The van der Waals surface area contributed by atoms with E-state index in [9.17, 15) is 13.2 Å². The van der Waals surface area contributed by atoms with Crippen LogP contribution in [0.25, 0.3) is 0 Å². The third-order valence-corrected chi connectivity index (χ3v) is 1.94. The molecule has 1 aromatic carbocycles. The van der Waals surface area contributed by atoms with Gasteiger partial charge in [-0.2, -0.15) is 0 Å². The molecular formula is C10H9ClF3O. The first kappa shape index (κ1) is 12.2. The zero-order valence-corrected chi connectivity index (χ0v) is 8.91. The van der Waals surface area contributed by atoms with Crippen molar-refractivity contribution in [1.29, 1.82) is 0 Å². The molecule has 1 nitrogen and oxygen atoms in total. The van der Waals surface area contributed by atoms with E-state index >= 15 is 0 Å². The summed E-state index contributed by atoms with van der Waals surface area (Å²) in [5.74, 6) is 0.476. The summed E-state index contributed by atoms with van der Waals surface area (Å²) < 4.78 is 39.9. The maximum atomic E-state index is 12.0. The fraction of sp³-hybridized carbons (Fsp3) is 0.300. The first-order chi connectivity index (χ1) is 6.79. The number of hydrogen-bond acceptors (Lipinski definition) is 1. The van der Waals surface area contributed by atoms with Crippen LogP contribution < -0.4 is 4.74 Å². The molecule has 1 radical (unpaired) electrons. The minimum Gasteiger partial charge on any atom is -0.405 e. The zero-order chi connectivity index (χ0) is 11.6. The topological polar surface area (TPSA) is 9.23 Å². The monoisotopic (exact) mass is 237 g/mol. The highest BCUT2D eigenvalue weighted by Gasteiger charge is 2.32. The Labute approximate surface area is 90.8 Å². The second-order valence-corrected chi connectivity index (χ2v) is 3.62. The van der Waals surface area contributed by atoms with E-state index in [0.29, 0.717) is 16.5 Å². The molecule has 0 aliphatic rings. The molecule has 1 aromatic rings. The van der Waals surface area contributed by atoms with E-state index in [1.165, 1.54) is 18.2 Å². The summed E-state index contributed by atoms with van der Waals surface area (Å²) in [6.45, 7) is 3.38. The van der Waals surface area contributed by atoms with Crippen LogP contribution >= 0.6 is 11.6 Å². The van der Waals surface area contributed by atoms with Gasteiger partial charge in [-0.1, -0.05) is 25.4 Å². The molecule has 0 aliphatic heterocycles. The highest BCUT2D eigenvalue weighted by molar-refractivity contribution is 6.30. The Balaban J connectivity index is 3.06. The van der Waals surface area contributed by atoms with Crippen molar-refractivity contribution in [2.75, 3.05) is 0 Å². The predicted molar refractivity (Wildman–Crippen MR) is 51.8 cm³/mol. The van der Waals surface area contributed by atoms with E-state index in [-0.39, 0.29) is 5.75 Å². The fourth-order valence-electron chi connectivity index (χ4n) is 1.11. The van der Waals surface area contributed by atoms with Crippen molar-refractivity contribution in [2.24, 2.45) is 0 Å². The van der Waals surface area contributed by atoms with Crippen LogP contribution in [-0.4, -0.2) is 6.36 Å². The van der Waals surface area contributed by atoms with Crippen molar-refractivity contribution in [3.63, 3.8) is 0 Å². The average molecular weight is 238 g/mol. The molecule has 0 aromatic heterocycles. The number of alkyl halides is 3. The molecule has 0 fully saturated rings. The predicted octanol–water partition coefficient (Wildman–Crippen LogP) is 4.20. The fourth-order valence-corrected chi connectivity index (χ4v) is 1.28. The van der Waals surface area contributed by atoms with Crippen molar-refractivity contribution in [3.8, 4) is 5.75 Å². The summed E-state index contributed by atoms with van der Waals surface area (Å²) in [5, 5.41) is 0.376. The van der Waals surface area contributed by atoms with Crippen molar-refractivity contribution in [3.05, 3.63) is 34.7 Å². The SMILES string of the molecule is C[C](C)c1cc(Cl)ccc1OC(F)(F)F. The molecule has 0 bridgehead atoms. The van der Waals surface area contributed by atoms with Gasteiger partial charge >= 0.3 is 6.36 Å². The van der Waals surface area contributed by atoms with Crippen LogP contribution in [0.5, 0.6) is 5.75 Å². The summed E-state index contributed by atoms with van der Waals surface area (Å²) >= 11 is 5.68. The van der Waals surface area contributed by atoms with Gasteiger partial charge in [-0.15, -0.1) is 13.2 Å². The standard InChI is InChI=1S/C10H9ClF3O/c1-6(2)8-5-7(11)3-4-9(8)15-10(12,13)14/h3-5H,1-2H3. The lowest BCUT2D eigenvalue weighted by Gasteiger charge is -2.15. The number of hydrogen-bond donors (Lipinski definition) is 0. The van der Waals surface area contributed by atoms with Crippen molar-refractivity contribution < 1.29 is 17.9 Å². The molecule has 0 saturated heterocycles. The Kier molecular flexibility index (Phi) is 3.50. The van der Waals surface area contributed by atoms with E-state index in [4.69, 9.17) is 11.6 Å². The summed E-state index contributed by atoms with van der Waals surface area (Å²) in [5.41, 5.74) is 0.361. The molecular weight excluding hydrogens is 229 g/mol. The molecule has 0 saturated carbocycles. The Bertz CT molecular complexity index is 347. The van der Waals surface area contributed by atoms with Gasteiger partial charge in [-0.05, 0) is 18.2 Å². The van der Waals surface area contributed by atoms with Gasteiger partial charge in [-0.25, -0.2) is 0 Å². The number of halogens is 4. The van der Waals surface area contributed by atoms with Gasteiger partial charge in [0.1, 0.15) is 5.75 Å². The van der Waals surface area contributed by atoms with E-state index in [1.807, 2.05) is 0 Å². The lowest BCUT2D eigenvalue weighted by molar-refractivity contribution is -0.274. The molecule has 0 spiro atoms. The average Bonchev–Trinajstić information content (AvgIpc) is 2.05. The van der Waals surface area contributed by atoms with Crippen LogP contribution in [0.15, 0.2) is 18.2 Å². The molecule has 0 unspecified atom stereocenters. The number of ether oxygens (including phenoxy) is 1. The Morgan fingerprint density at radius 2 is 1.87 bits per heavy atom. The largest absolute Gasteiger partial charge is 0.573 e. The van der Waals surface area contributed by atoms with Gasteiger partial charge in [-0.3, -0.25) is 0 Å². The normalized spacial score (nSPS) is 11.9. The van der Waals surface area contributed by atoms with E-state index in [1.54, 1.807) is 13.8 Å². The van der Waals surface area contributed by atoms with Gasteiger partial charge in [0, 0.05) is 16.5 Å². The van der Waals surface area contributed by atoms with Crippen LogP contribution in [0.3, 0.4) is 0 Å². The maximum absolute atomic E-state index is 12.0. The molecule has 1 rings (SSSR count). The lowest BCUT2D eigenvalue weighted by Crippen LogP contribution is -2.18. The second-order valence-electron chi connectivity index (χ2n) is 3.19. The highest BCUT2D eigenvalue weighted by Crippen LogP contribution is 2.32. The smallest absolute Gasteiger partial charge is 0.405 e. The van der Waals surface area contributed by atoms with Gasteiger partial charge in [0.25, 0.3) is 0 Å². The van der Waals surface area contributed by atoms with Crippen LogP contribution in [-0.2, 0) is 0 Å². The molecule has 5 heteroatoms. The van der Waals surface area contributed by atoms with Crippen LogP contribution in [0.2, 0.25) is 5.02 Å². The first-order valence-electron chi connectivity index (χ1n) is 4.15. The van der Waals surface area contributed by atoms with Gasteiger partial charge in [0.15, 0.2) is 0 Å². The Morgan fingerprint density at radius 1 is 1.27 bits per heavy atom. The molecule has 0 heterocycles. The maximum Gasteiger partial charge on any atom is 0.573 e. The van der Waals surface area contributed by atoms with E-state index in [2.05, 4.69) is 4.74 Å². The molecule has 15 heavy (non-hydrogen) atoms. The van der Waals surface area contributed by atoms with Crippen LogP contribution in [0, 0.1) is 5.92 Å². The van der Waals surface area contributed by atoms with Crippen LogP contribution in [0.1, 0.15) is 19.4 Å². The van der Waals surface area contributed by atoms with Gasteiger partial charge < -0.3 is 4.74 Å². The lowest BCUT2D eigenvalue weighted by atomic mass is 10.0. The molecule has 0 amide bonds. The van der Waals surface area contributed by atoms with Crippen molar-refractivity contribution in [2.45, 2.75) is 20.2 Å². The Morgan fingerprint density at radius 3 is 2.33 bits per heavy atom. The highest BCUT2D eigenvalue weighted by atomic mass is 35.5. The first-order valence-corrected chi connectivity index (χ1v) is 4.53. The summed E-state index contributed by atoms with van der Waals surface area (Å²) in [6.07, 6.45) is -4.68. The zero-order valence-electron chi connectivity index (χ0n) is 8.15.